The number of fused-ring (bicyclic) bond motifs is 2. The fourth-order valence-corrected chi connectivity index (χ4v) is 5.05. The van der Waals surface area contributed by atoms with Crippen LogP contribution in [0.15, 0.2) is 42.6 Å². The largest absolute Gasteiger partial charge is 0.379 e. The Morgan fingerprint density at radius 1 is 1.22 bits per heavy atom. The van der Waals surface area contributed by atoms with Crippen LogP contribution in [0.1, 0.15) is 16.8 Å². The van der Waals surface area contributed by atoms with Crippen molar-refractivity contribution in [1.29, 1.82) is 0 Å². The maximum atomic E-state index is 14.3. The van der Waals surface area contributed by atoms with E-state index in [2.05, 4.69) is 14.9 Å². The summed E-state index contributed by atoms with van der Waals surface area (Å²) in [7, 11) is 0. The number of amides is 1. The average molecular weight is 457 g/mol. The Kier molecular flexibility index (Phi) is 5.86. The highest BCUT2D eigenvalue weighted by Gasteiger charge is 2.25. The minimum Gasteiger partial charge on any atom is -0.379 e. The molecule has 1 fully saturated rings. The van der Waals surface area contributed by atoms with E-state index < -0.39 is 11.6 Å². The Labute approximate surface area is 187 Å². The van der Waals surface area contributed by atoms with Gasteiger partial charge in [0.15, 0.2) is 10.9 Å². The molecular weight excluding hydrogens is 434 g/mol. The molecule has 6 nitrogen and oxygen atoms in total. The molecule has 0 unspecified atom stereocenters. The number of ether oxygens (including phenoxy) is 1. The maximum absolute atomic E-state index is 14.3. The predicted molar refractivity (Wildman–Crippen MR) is 121 cm³/mol. The van der Waals surface area contributed by atoms with Crippen molar-refractivity contribution in [3.63, 3.8) is 0 Å². The van der Waals surface area contributed by atoms with Crippen molar-refractivity contribution in [1.82, 2.24) is 14.9 Å². The number of anilines is 1. The van der Waals surface area contributed by atoms with Crippen LogP contribution < -0.4 is 4.90 Å². The first kappa shape index (κ1) is 21.0. The van der Waals surface area contributed by atoms with Gasteiger partial charge in [-0.15, -0.1) is 0 Å². The second-order valence-corrected chi connectivity index (χ2v) is 8.75. The van der Waals surface area contributed by atoms with E-state index in [0.29, 0.717) is 35.2 Å². The summed E-state index contributed by atoms with van der Waals surface area (Å²) < 4.78 is 33.8. The molecule has 1 aliphatic heterocycles. The van der Waals surface area contributed by atoms with Gasteiger partial charge in [0.25, 0.3) is 5.91 Å². The highest BCUT2D eigenvalue weighted by atomic mass is 32.1. The summed E-state index contributed by atoms with van der Waals surface area (Å²) >= 11 is 1.12. The third-order valence-electron chi connectivity index (χ3n) is 5.66. The Morgan fingerprint density at radius 2 is 2.03 bits per heavy atom. The number of carbonyl (C=O) groups is 1. The van der Waals surface area contributed by atoms with E-state index in [4.69, 9.17) is 4.74 Å². The second-order valence-electron chi connectivity index (χ2n) is 7.74. The number of benzene rings is 2. The number of H-pyrrole nitrogens is 1. The van der Waals surface area contributed by atoms with E-state index in [1.165, 1.54) is 6.07 Å². The molecule has 5 rings (SSSR count). The van der Waals surface area contributed by atoms with E-state index in [1.807, 2.05) is 24.3 Å². The normalized spacial score (nSPS) is 14.9. The molecule has 0 saturated carbocycles. The predicted octanol–water partition coefficient (Wildman–Crippen LogP) is 4.42. The molecule has 1 N–H and O–H groups in total. The molecule has 4 aromatic rings. The standard InChI is InChI=1S/C23H22F2N4O2S/c24-15-12-18(25)21-20(13-15)32-23(27-21)29(7-3-6-28-8-10-31-11-9-28)22(30)17-14-26-19-5-2-1-4-16(17)19/h1-2,4-5,12-14,26H,3,6-11H2. The van der Waals surface area contributed by atoms with Crippen molar-refractivity contribution >= 4 is 43.5 Å². The van der Waals surface area contributed by atoms with Gasteiger partial charge in [0, 0.05) is 49.3 Å². The number of hydrogen-bond donors (Lipinski definition) is 1. The lowest BCUT2D eigenvalue weighted by Gasteiger charge is -2.27. The fourth-order valence-electron chi connectivity index (χ4n) is 4.02. The van der Waals surface area contributed by atoms with Gasteiger partial charge in [-0.2, -0.15) is 0 Å². The number of aromatic nitrogens is 2. The molecule has 9 heteroatoms. The van der Waals surface area contributed by atoms with Crippen LogP contribution in [0.25, 0.3) is 21.1 Å². The van der Waals surface area contributed by atoms with Gasteiger partial charge in [0.05, 0.1) is 23.5 Å². The zero-order valence-corrected chi connectivity index (χ0v) is 18.1. The number of halogens is 2. The quantitative estimate of drug-likeness (QED) is 0.467. The summed E-state index contributed by atoms with van der Waals surface area (Å²) in [5.74, 6) is -1.60. The van der Waals surface area contributed by atoms with Crippen LogP contribution in [0.5, 0.6) is 0 Å². The van der Waals surface area contributed by atoms with E-state index in [1.54, 1.807) is 11.1 Å². The van der Waals surface area contributed by atoms with E-state index in [-0.39, 0.29) is 11.4 Å². The van der Waals surface area contributed by atoms with Crippen LogP contribution in [-0.2, 0) is 4.74 Å². The Morgan fingerprint density at radius 3 is 2.88 bits per heavy atom. The molecule has 1 amide bonds. The third kappa shape index (κ3) is 4.11. The number of nitrogens with one attached hydrogen (secondary N) is 1. The van der Waals surface area contributed by atoms with E-state index in [9.17, 15) is 13.6 Å². The van der Waals surface area contributed by atoms with Crippen molar-refractivity contribution in [3.05, 3.63) is 59.8 Å². The first-order chi connectivity index (χ1) is 15.6. The van der Waals surface area contributed by atoms with Gasteiger partial charge in [-0.25, -0.2) is 13.8 Å². The molecule has 0 bridgehead atoms. The zero-order valence-electron chi connectivity index (χ0n) is 17.3. The summed E-state index contributed by atoms with van der Waals surface area (Å²) in [6.45, 7) is 4.37. The number of rotatable bonds is 6. The average Bonchev–Trinajstić information content (AvgIpc) is 3.41. The first-order valence-electron chi connectivity index (χ1n) is 10.5. The van der Waals surface area contributed by atoms with Crippen LogP contribution in [0, 0.1) is 11.6 Å². The molecule has 0 spiro atoms. The number of para-hydroxylation sites is 1. The molecular formula is C23H22F2N4O2S. The van der Waals surface area contributed by atoms with Crippen molar-refractivity contribution in [2.24, 2.45) is 0 Å². The smallest absolute Gasteiger partial charge is 0.262 e. The van der Waals surface area contributed by atoms with E-state index >= 15 is 0 Å². The minimum atomic E-state index is -0.727. The van der Waals surface area contributed by atoms with Gasteiger partial charge in [-0.3, -0.25) is 14.6 Å². The molecule has 32 heavy (non-hydrogen) atoms. The van der Waals surface area contributed by atoms with Gasteiger partial charge in [0.2, 0.25) is 0 Å². The molecule has 0 atom stereocenters. The highest BCUT2D eigenvalue weighted by molar-refractivity contribution is 7.22. The lowest BCUT2D eigenvalue weighted by molar-refractivity contribution is 0.0376. The minimum absolute atomic E-state index is 0.0799. The zero-order chi connectivity index (χ0) is 22.1. The molecule has 2 aromatic carbocycles. The van der Waals surface area contributed by atoms with Crippen molar-refractivity contribution in [2.75, 3.05) is 44.3 Å². The van der Waals surface area contributed by atoms with Crippen LogP contribution in [-0.4, -0.2) is 60.2 Å². The topological polar surface area (TPSA) is 61.5 Å². The van der Waals surface area contributed by atoms with Gasteiger partial charge >= 0.3 is 0 Å². The molecule has 2 aromatic heterocycles. The fraction of sp³-hybridized carbons (Fsp3) is 0.304. The van der Waals surface area contributed by atoms with Crippen molar-refractivity contribution in [2.45, 2.75) is 6.42 Å². The first-order valence-corrected chi connectivity index (χ1v) is 11.4. The van der Waals surface area contributed by atoms with Gasteiger partial charge in [0.1, 0.15) is 11.3 Å². The molecule has 166 valence electrons. The van der Waals surface area contributed by atoms with Crippen LogP contribution in [0.2, 0.25) is 0 Å². The molecule has 0 aliphatic carbocycles. The number of hydrogen-bond acceptors (Lipinski definition) is 5. The molecule has 1 saturated heterocycles. The number of nitrogens with zero attached hydrogens (tertiary/aromatic N) is 3. The van der Waals surface area contributed by atoms with Crippen LogP contribution in [0.4, 0.5) is 13.9 Å². The Hall–Kier alpha value is -2.88. The Bertz CT molecular complexity index is 1270. The van der Waals surface area contributed by atoms with E-state index in [0.717, 1.165) is 54.4 Å². The lowest BCUT2D eigenvalue weighted by atomic mass is 10.1. The van der Waals surface area contributed by atoms with Gasteiger partial charge < -0.3 is 9.72 Å². The second kappa shape index (κ2) is 8.93. The maximum Gasteiger partial charge on any atom is 0.262 e. The van der Waals surface area contributed by atoms with Crippen LogP contribution in [0.3, 0.4) is 0 Å². The monoisotopic (exact) mass is 456 g/mol. The van der Waals surface area contributed by atoms with Crippen molar-refractivity contribution in [3.8, 4) is 0 Å². The van der Waals surface area contributed by atoms with Crippen LogP contribution >= 0.6 is 11.3 Å². The van der Waals surface area contributed by atoms with Gasteiger partial charge in [-0.1, -0.05) is 29.5 Å². The summed E-state index contributed by atoms with van der Waals surface area (Å²) in [5, 5.41) is 1.18. The Balaban J connectivity index is 1.46. The number of thiazole rings is 1. The van der Waals surface area contributed by atoms with Gasteiger partial charge in [-0.05, 0) is 18.6 Å². The molecule has 1 aliphatic rings. The number of morpholine rings is 1. The molecule has 0 radical (unpaired) electrons. The highest BCUT2D eigenvalue weighted by Crippen LogP contribution is 2.33. The lowest BCUT2D eigenvalue weighted by Crippen LogP contribution is -2.39. The molecule has 3 heterocycles. The number of carbonyl (C=O) groups excluding carboxylic acids is 1. The summed E-state index contributed by atoms with van der Waals surface area (Å²) in [6.07, 6.45) is 2.41. The van der Waals surface area contributed by atoms with Crippen molar-refractivity contribution < 1.29 is 18.3 Å². The SMILES string of the molecule is O=C(c1c[nH]c2ccccc12)N(CCCN1CCOCC1)c1nc2c(F)cc(F)cc2s1. The summed E-state index contributed by atoms with van der Waals surface area (Å²) in [5.41, 5.74) is 1.47. The summed E-state index contributed by atoms with van der Waals surface area (Å²) in [4.78, 5) is 25.0. The number of aromatic amines is 1. The summed E-state index contributed by atoms with van der Waals surface area (Å²) in [6, 6.07) is 9.64. The third-order valence-corrected chi connectivity index (χ3v) is 6.68.